The van der Waals surface area contributed by atoms with Gasteiger partial charge in [0.05, 0.1) is 25.4 Å². The van der Waals surface area contributed by atoms with Gasteiger partial charge in [0, 0.05) is 0 Å². The molecule has 2 rings (SSSR count). The van der Waals surface area contributed by atoms with Crippen LogP contribution in [0.4, 0.5) is 0 Å². The van der Waals surface area contributed by atoms with Gasteiger partial charge in [-0.3, -0.25) is 9.59 Å². The quantitative estimate of drug-likeness (QED) is 0.692. The van der Waals surface area contributed by atoms with Gasteiger partial charge in [-0.05, 0) is 49.7 Å². The first-order valence-corrected chi connectivity index (χ1v) is 8.45. The summed E-state index contributed by atoms with van der Waals surface area (Å²) in [6.45, 7) is 1.80. The van der Waals surface area contributed by atoms with Crippen molar-refractivity contribution in [3.05, 3.63) is 0 Å². The molecular formula is C15H22N2O3S. The minimum absolute atomic E-state index is 0.0348. The molecule has 0 aliphatic heterocycles. The van der Waals surface area contributed by atoms with Crippen LogP contribution in [0.1, 0.15) is 39.0 Å². The normalized spacial score (nSPS) is 21.8. The van der Waals surface area contributed by atoms with Gasteiger partial charge < -0.3 is 10.1 Å². The number of rotatable bonds is 8. The predicted octanol–water partition coefficient (Wildman–Crippen LogP) is 1.87. The van der Waals surface area contributed by atoms with Crippen LogP contribution >= 0.6 is 11.8 Å². The van der Waals surface area contributed by atoms with E-state index in [9.17, 15) is 14.9 Å². The minimum atomic E-state index is -0.721. The Morgan fingerprint density at radius 3 is 2.62 bits per heavy atom. The summed E-state index contributed by atoms with van der Waals surface area (Å²) in [5.74, 6) is 1.16. The lowest BCUT2D eigenvalue weighted by molar-refractivity contribution is -0.141. The lowest BCUT2D eigenvalue weighted by Gasteiger charge is -2.23. The summed E-state index contributed by atoms with van der Waals surface area (Å²) in [5.41, 5.74) is -0.687. The number of hydrogen-bond donors (Lipinski definition) is 1. The highest BCUT2D eigenvalue weighted by atomic mass is 32.2. The van der Waals surface area contributed by atoms with E-state index in [1.54, 1.807) is 6.92 Å². The van der Waals surface area contributed by atoms with E-state index in [1.165, 1.54) is 18.9 Å². The Kier molecular flexibility index (Phi) is 4.82. The molecule has 116 valence electrons. The van der Waals surface area contributed by atoms with Crippen molar-refractivity contribution in [2.24, 2.45) is 11.3 Å². The number of hydrogen-bond acceptors (Lipinski definition) is 5. The highest BCUT2D eigenvalue weighted by Crippen LogP contribution is 2.51. The number of nitriles is 1. The third-order valence-electron chi connectivity index (χ3n) is 4.37. The molecule has 0 aromatic rings. The summed E-state index contributed by atoms with van der Waals surface area (Å²) >= 11 is 1.54. The number of carbonyl (C=O) groups is 2. The topological polar surface area (TPSA) is 79.2 Å². The lowest BCUT2D eigenvalue weighted by Crippen LogP contribution is -2.47. The molecule has 0 aromatic heterocycles. The van der Waals surface area contributed by atoms with Gasteiger partial charge in [0.1, 0.15) is 5.54 Å². The average molecular weight is 310 g/mol. The molecule has 1 N–H and O–H groups in total. The smallest absolute Gasteiger partial charge is 0.306 e. The van der Waals surface area contributed by atoms with Crippen molar-refractivity contribution in [3.63, 3.8) is 0 Å². The fourth-order valence-corrected chi connectivity index (χ4v) is 3.68. The molecule has 1 unspecified atom stereocenters. The predicted molar refractivity (Wildman–Crippen MR) is 80.5 cm³/mol. The molecule has 2 aliphatic carbocycles. The van der Waals surface area contributed by atoms with E-state index < -0.39 is 5.54 Å². The standard InChI is InChI=1S/C15H22N2O3S/c1-14(9-16,11-3-4-11)17-12(18)8-21-10-15(5-6-15)7-13(19)20-2/h11H,3-8,10H2,1-2H3,(H,17,18). The second kappa shape index (κ2) is 6.27. The zero-order chi connectivity index (χ0) is 15.5. The fraction of sp³-hybridized carbons (Fsp3) is 0.800. The van der Waals surface area contributed by atoms with Crippen LogP contribution in [0.3, 0.4) is 0 Å². The van der Waals surface area contributed by atoms with Crippen LogP contribution in [0.5, 0.6) is 0 Å². The summed E-state index contributed by atoms with van der Waals surface area (Å²) in [7, 11) is 1.40. The van der Waals surface area contributed by atoms with Crippen LogP contribution in [-0.2, 0) is 14.3 Å². The third kappa shape index (κ3) is 4.37. The number of amides is 1. The SMILES string of the molecule is COC(=O)CC1(CSCC(=O)NC(C)(C#N)C2CC2)CC1. The molecule has 2 saturated carbocycles. The summed E-state index contributed by atoms with van der Waals surface area (Å²) in [6.07, 6.45) is 4.51. The molecule has 1 atom stereocenters. The molecular weight excluding hydrogens is 288 g/mol. The van der Waals surface area contributed by atoms with Gasteiger partial charge in [0.2, 0.25) is 5.91 Å². The largest absolute Gasteiger partial charge is 0.469 e. The first-order valence-electron chi connectivity index (χ1n) is 7.30. The van der Waals surface area contributed by atoms with Crippen molar-refractivity contribution in [1.82, 2.24) is 5.32 Å². The molecule has 0 bridgehead atoms. The van der Waals surface area contributed by atoms with E-state index in [1.807, 2.05) is 0 Å². The highest BCUT2D eigenvalue weighted by molar-refractivity contribution is 8.00. The first kappa shape index (κ1) is 16.2. The van der Waals surface area contributed by atoms with Crippen LogP contribution in [0, 0.1) is 22.7 Å². The number of methoxy groups -OCH3 is 1. The zero-order valence-corrected chi connectivity index (χ0v) is 13.4. The van der Waals surface area contributed by atoms with Crippen LogP contribution in [0.2, 0.25) is 0 Å². The van der Waals surface area contributed by atoms with Crippen molar-refractivity contribution in [2.45, 2.75) is 44.6 Å². The maximum absolute atomic E-state index is 12.0. The van der Waals surface area contributed by atoms with Gasteiger partial charge >= 0.3 is 5.97 Å². The Hall–Kier alpha value is -1.22. The maximum atomic E-state index is 12.0. The molecule has 0 spiro atoms. The molecule has 0 heterocycles. The lowest BCUT2D eigenvalue weighted by atomic mass is 9.98. The molecule has 21 heavy (non-hydrogen) atoms. The number of nitrogens with zero attached hydrogens (tertiary/aromatic N) is 1. The fourth-order valence-electron chi connectivity index (χ4n) is 2.50. The molecule has 2 aliphatic rings. The Balaban J connectivity index is 1.70. The Labute approximate surface area is 129 Å². The Morgan fingerprint density at radius 2 is 2.14 bits per heavy atom. The van der Waals surface area contributed by atoms with E-state index in [0.717, 1.165) is 31.4 Å². The molecule has 0 aromatic carbocycles. The second-order valence-electron chi connectivity index (χ2n) is 6.38. The van der Waals surface area contributed by atoms with Crippen molar-refractivity contribution in [3.8, 4) is 6.07 Å². The van der Waals surface area contributed by atoms with Crippen molar-refractivity contribution >= 4 is 23.6 Å². The van der Waals surface area contributed by atoms with Gasteiger partial charge in [-0.15, -0.1) is 0 Å². The van der Waals surface area contributed by atoms with Crippen molar-refractivity contribution < 1.29 is 14.3 Å². The van der Waals surface area contributed by atoms with E-state index in [2.05, 4.69) is 11.4 Å². The number of carbonyl (C=O) groups excluding carboxylic acids is 2. The summed E-state index contributed by atoms with van der Waals surface area (Å²) in [6, 6.07) is 2.22. The van der Waals surface area contributed by atoms with Crippen molar-refractivity contribution in [2.75, 3.05) is 18.6 Å². The third-order valence-corrected chi connectivity index (χ3v) is 5.65. The molecule has 5 nitrogen and oxygen atoms in total. The molecule has 0 saturated heterocycles. The molecule has 6 heteroatoms. The number of ether oxygens (including phenoxy) is 1. The number of thioether (sulfide) groups is 1. The number of nitrogens with one attached hydrogen (secondary N) is 1. The van der Waals surface area contributed by atoms with Gasteiger partial charge in [-0.2, -0.15) is 17.0 Å². The van der Waals surface area contributed by atoms with Gasteiger partial charge in [0.15, 0.2) is 0 Å². The Bertz CT molecular complexity index is 466. The summed E-state index contributed by atoms with van der Waals surface area (Å²) in [4.78, 5) is 23.3. The van der Waals surface area contributed by atoms with E-state index in [0.29, 0.717) is 18.1 Å². The van der Waals surface area contributed by atoms with Gasteiger partial charge in [-0.25, -0.2) is 0 Å². The van der Waals surface area contributed by atoms with Crippen LogP contribution < -0.4 is 5.32 Å². The van der Waals surface area contributed by atoms with Gasteiger partial charge in [0.25, 0.3) is 0 Å². The van der Waals surface area contributed by atoms with E-state index in [4.69, 9.17) is 4.74 Å². The molecule has 2 fully saturated rings. The molecule has 0 radical (unpaired) electrons. The van der Waals surface area contributed by atoms with Crippen LogP contribution in [0.15, 0.2) is 0 Å². The summed E-state index contributed by atoms with van der Waals surface area (Å²) < 4.78 is 4.70. The molecule has 1 amide bonds. The monoisotopic (exact) mass is 310 g/mol. The maximum Gasteiger partial charge on any atom is 0.306 e. The Morgan fingerprint density at radius 1 is 1.48 bits per heavy atom. The van der Waals surface area contributed by atoms with Crippen molar-refractivity contribution in [1.29, 1.82) is 5.26 Å². The number of esters is 1. The summed E-state index contributed by atoms with van der Waals surface area (Å²) in [5, 5.41) is 12.1. The minimum Gasteiger partial charge on any atom is -0.469 e. The van der Waals surface area contributed by atoms with Crippen LogP contribution in [-0.4, -0.2) is 36.0 Å². The van der Waals surface area contributed by atoms with E-state index >= 15 is 0 Å². The first-order chi connectivity index (χ1) is 9.93. The second-order valence-corrected chi connectivity index (χ2v) is 7.37. The van der Waals surface area contributed by atoms with Gasteiger partial charge in [-0.1, -0.05) is 0 Å². The highest BCUT2D eigenvalue weighted by Gasteiger charge is 2.45. The average Bonchev–Trinajstić information content (AvgIpc) is 3.33. The van der Waals surface area contributed by atoms with Crippen LogP contribution in [0.25, 0.3) is 0 Å². The zero-order valence-electron chi connectivity index (χ0n) is 12.6. The van der Waals surface area contributed by atoms with E-state index in [-0.39, 0.29) is 17.3 Å².